The molecular formula is C10H16N2O. The second kappa shape index (κ2) is 4.03. The van der Waals surface area contributed by atoms with E-state index in [0.29, 0.717) is 0 Å². The molecule has 0 aromatic rings. The summed E-state index contributed by atoms with van der Waals surface area (Å²) in [6, 6.07) is 1.02. The fraction of sp³-hybridized carbons (Fsp3) is 0.900. The van der Waals surface area contributed by atoms with Gasteiger partial charge in [-0.2, -0.15) is 0 Å². The van der Waals surface area contributed by atoms with Crippen LogP contribution in [0.2, 0.25) is 0 Å². The van der Waals surface area contributed by atoms with E-state index in [-0.39, 0.29) is 6.04 Å². The first kappa shape index (κ1) is 8.92. The van der Waals surface area contributed by atoms with Gasteiger partial charge in [-0.15, -0.1) is 0 Å². The van der Waals surface area contributed by atoms with Crippen molar-refractivity contribution in [1.29, 1.82) is 0 Å². The zero-order valence-electron chi connectivity index (χ0n) is 7.91. The molecule has 2 rings (SSSR count). The minimum atomic E-state index is 0.234. The molecule has 2 aliphatic rings. The number of likely N-dealkylation sites (tertiary alicyclic amines) is 1. The zero-order valence-corrected chi connectivity index (χ0v) is 7.91. The Bertz CT molecular complexity index is 217. The first-order chi connectivity index (χ1) is 6.40. The average molecular weight is 180 g/mol. The molecular weight excluding hydrogens is 164 g/mol. The van der Waals surface area contributed by atoms with Crippen molar-refractivity contribution >= 4 is 6.08 Å². The lowest BCUT2D eigenvalue weighted by Crippen LogP contribution is -2.31. The molecule has 0 aromatic heterocycles. The highest BCUT2D eigenvalue weighted by molar-refractivity contribution is 5.33. The summed E-state index contributed by atoms with van der Waals surface area (Å²) in [5, 5.41) is 0. The van der Waals surface area contributed by atoms with E-state index in [1.165, 1.54) is 25.7 Å². The molecule has 1 aliphatic carbocycles. The van der Waals surface area contributed by atoms with Gasteiger partial charge in [-0.05, 0) is 19.3 Å². The molecule has 2 fully saturated rings. The third kappa shape index (κ3) is 1.98. The Balaban J connectivity index is 1.86. The van der Waals surface area contributed by atoms with Crippen molar-refractivity contribution in [1.82, 2.24) is 4.90 Å². The third-order valence-electron chi connectivity index (χ3n) is 3.27. The van der Waals surface area contributed by atoms with Gasteiger partial charge < -0.3 is 0 Å². The average Bonchev–Trinajstić information content (AvgIpc) is 2.70. The highest BCUT2D eigenvalue weighted by atomic mass is 16.1. The lowest BCUT2D eigenvalue weighted by atomic mass is 10.2. The predicted octanol–water partition coefficient (Wildman–Crippen LogP) is 1.34. The molecule has 0 N–H and O–H groups in total. The molecule has 3 nitrogen and oxygen atoms in total. The monoisotopic (exact) mass is 180 g/mol. The first-order valence-corrected chi connectivity index (χ1v) is 5.21. The lowest BCUT2D eigenvalue weighted by molar-refractivity contribution is 0.244. The van der Waals surface area contributed by atoms with Gasteiger partial charge in [-0.1, -0.05) is 12.8 Å². The van der Waals surface area contributed by atoms with Crippen molar-refractivity contribution in [3.05, 3.63) is 0 Å². The van der Waals surface area contributed by atoms with E-state index >= 15 is 0 Å². The third-order valence-corrected chi connectivity index (χ3v) is 3.27. The standard InChI is InChI=1S/C10H16N2O/c13-8-11-9-5-6-12(7-9)10-3-1-2-4-10/h9-10H,1-7H2. The normalized spacial score (nSPS) is 30.6. The summed E-state index contributed by atoms with van der Waals surface area (Å²) < 4.78 is 0. The fourth-order valence-electron chi connectivity index (χ4n) is 2.55. The molecule has 1 atom stereocenters. The predicted molar refractivity (Wildman–Crippen MR) is 50.4 cm³/mol. The molecule has 0 radical (unpaired) electrons. The molecule has 0 spiro atoms. The number of aliphatic imine (C=N–C) groups is 1. The summed E-state index contributed by atoms with van der Waals surface area (Å²) in [4.78, 5) is 16.4. The summed E-state index contributed by atoms with van der Waals surface area (Å²) in [5.74, 6) is 0. The topological polar surface area (TPSA) is 32.7 Å². The van der Waals surface area contributed by atoms with Crippen molar-refractivity contribution < 1.29 is 4.79 Å². The second-order valence-corrected chi connectivity index (χ2v) is 4.10. The van der Waals surface area contributed by atoms with Gasteiger partial charge >= 0.3 is 0 Å². The summed E-state index contributed by atoms with van der Waals surface area (Å²) in [6.45, 7) is 2.11. The molecule has 1 aliphatic heterocycles. The molecule has 13 heavy (non-hydrogen) atoms. The van der Waals surface area contributed by atoms with Crippen LogP contribution in [-0.4, -0.2) is 36.2 Å². The molecule has 1 unspecified atom stereocenters. The number of rotatable bonds is 2. The quantitative estimate of drug-likeness (QED) is 0.474. The molecule has 0 bridgehead atoms. The van der Waals surface area contributed by atoms with Crippen molar-refractivity contribution in [3.8, 4) is 0 Å². The van der Waals surface area contributed by atoms with Crippen molar-refractivity contribution in [2.75, 3.05) is 13.1 Å². The molecule has 72 valence electrons. The zero-order chi connectivity index (χ0) is 9.10. The minimum Gasteiger partial charge on any atom is -0.298 e. The summed E-state index contributed by atoms with van der Waals surface area (Å²) in [7, 11) is 0. The fourth-order valence-corrected chi connectivity index (χ4v) is 2.55. The van der Waals surface area contributed by atoms with Crippen molar-refractivity contribution in [2.45, 2.75) is 44.2 Å². The molecule has 1 saturated heterocycles. The van der Waals surface area contributed by atoms with Gasteiger partial charge in [0.2, 0.25) is 6.08 Å². The van der Waals surface area contributed by atoms with Crippen LogP contribution in [0.5, 0.6) is 0 Å². The maximum absolute atomic E-state index is 10.1. The van der Waals surface area contributed by atoms with Gasteiger partial charge in [0.1, 0.15) is 0 Å². The van der Waals surface area contributed by atoms with Crippen LogP contribution in [-0.2, 0) is 4.79 Å². The van der Waals surface area contributed by atoms with Crippen LogP contribution in [0.15, 0.2) is 4.99 Å². The maximum atomic E-state index is 10.1. The number of carbonyl (C=O) groups excluding carboxylic acids is 1. The Hall–Kier alpha value is -0.660. The van der Waals surface area contributed by atoms with Crippen molar-refractivity contribution in [3.63, 3.8) is 0 Å². The molecule has 3 heteroatoms. The molecule has 0 amide bonds. The van der Waals surface area contributed by atoms with Gasteiger partial charge in [0.05, 0.1) is 6.04 Å². The second-order valence-electron chi connectivity index (χ2n) is 4.10. The van der Waals surface area contributed by atoms with Gasteiger partial charge in [0, 0.05) is 19.1 Å². The van der Waals surface area contributed by atoms with Gasteiger partial charge in [-0.25, -0.2) is 9.79 Å². The van der Waals surface area contributed by atoms with Gasteiger partial charge in [-0.3, -0.25) is 4.90 Å². The van der Waals surface area contributed by atoms with E-state index in [2.05, 4.69) is 9.89 Å². The molecule has 0 aromatic carbocycles. The Morgan fingerprint density at radius 1 is 1.23 bits per heavy atom. The lowest BCUT2D eigenvalue weighted by Gasteiger charge is -2.22. The first-order valence-electron chi connectivity index (χ1n) is 5.21. The smallest absolute Gasteiger partial charge is 0.235 e. The van der Waals surface area contributed by atoms with Crippen molar-refractivity contribution in [2.24, 2.45) is 4.99 Å². The Morgan fingerprint density at radius 2 is 2.00 bits per heavy atom. The van der Waals surface area contributed by atoms with E-state index in [4.69, 9.17) is 0 Å². The van der Waals surface area contributed by atoms with Gasteiger partial charge in [0.15, 0.2) is 0 Å². The Labute approximate surface area is 78.8 Å². The Morgan fingerprint density at radius 3 is 2.69 bits per heavy atom. The Kier molecular flexibility index (Phi) is 2.77. The number of nitrogens with zero attached hydrogens (tertiary/aromatic N) is 2. The van der Waals surface area contributed by atoms with E-state index < -0.39 is 0 Å². The van der Waals surface area contributed by atoms with Crippen LogP contribution in [0.1, 0.15) is 32.1 Å². The molecule has 1 heterocycles. The van der Waals surface area contributed by atoms with Crippen LogP contribution in [0.4, 0.5) is 0 Å². The van der Waals surface area contributed by atoms with Gasteiger partial charge in [0.25, 0.3) is 0 Å². The maximum Gasteiger partial charge on any atom is 0.235 e. The molecule has 1 saturated carbocycles. The van der Waals surface area contributed by atoms with Crippen LogP contribution >= 0.6 is 0 Å². The van der Waals surface area contributed by atoms with Crippen LogP contribution in [0.25, 0.3) is 0 Å². The number of isocyanates is 1. The van der Waals surface area contributed by atoms with Crippen LogP contribution < -0.4 is 0 Å². The van der Waals surface area contributed by atoms with E-state index in [0.717, 1.165) is 25.6 Å². The number of hydrogen-bond acceptors (Lipinski definition) is 3. The van der Waals surface area contributed by atoms with E-state index in [1.807, 2.05) is 0 Å². The minimum absolute atomic E-state index is 0.234. The number of hydrogen-bond donors (Lipinski definition) is 0. The largest absolute Gasteiger partial charge is 0.298 e. The van der Waals surface area contributed by atoms with Crippen LogP contribution in [0.3, 0.4) is 0 Å². The highest BCUT2D eigenvalue weighted by Gasteiger charge is 2.29. The SMILES string of the molecule is O=C=NC1CCN(C2CCCC2)C1. The van der Waals surface area contributed by atoms with E-state index in [9.17, 15) is 4.79 Å². The van der Waals surface area contributed by atoms with Crippen LogP contribution in [0, 0.1) is 0 Å². The summed E-state index contributed by atoms with van der Waals surface area (Å²) in [6.07, 6.45) is 8.16. The highest BCUT2D eigenvalue weighted by Crippen LogP contribution is 2.27. The summed E-state index contributed by atoms with van der Waals surface area (Å²) >= 11 is 0. The summed E-state index contributed by atoms with van der Waals surface area (Å²) in [5.41, 5.74) is 0. The van der Waals surface area contributed by atoms with E-state index in [1.54, 1.807) is 6.08 Å².